The van der Waals surface area contributed by atoms with Crippen LogP contribution in [0.15, 0.2) is 42.7 Å². The molecule has 7 nitrogen and oxygen atoms in total. The molecule has 2 saturated heterocycles. The van der Waals surface area contributed by atoms with E-state index in [1.54, 1.807) is 6.20 Å². The van der Waals surface area contributed by atoms with E-state index >= 15 is 0 Å². The minimum Gasteiger partial charge on any atom is -0.457 e. The molecule has 2 aliphatic rings. The van der Waals surface area contributed by atoms with Gasteiger partial charge in [0.2, 0.25) is 5.91 Å². The lowest BCUT2D eigenvalue weighted by Gasteiger charge is -2.31. The van der Waals surface area contributed by atoms with Crippen LogP contribution in [0.5, 0.6) is 11.5 Å². The van der Waals surface area contributed by atoms with Crippen molar-refractivity contribution < 1.29 is 9.53 Å². The summed E-state index contributed by atoms with van der Waals surface area (Å²) >= 11 is 0. The predicted molar refractivity (Wildman–Crippen MR) is 116 cm³/mol. The molecule has 2 aliphatic heterocycles. The molecule has 2 aromatic heterocycles. The van der Waals surface area contributed by atoms with Crippen LogP contribution >= 0.6 is 0 Å². The molecule has 2 unspecified atom stereocenters. The van der Waals surface area contributed by atoms with Crippen molar-refractivity contribution >= 4 is 16.9 Å². The average molecular weight is 406 g/mol. The zero-order valence-electron chi connectivity index (χ0n) is 17.1. The van der Waals surface area contributed by atoms with Gasteiger partial charge in [0, 0.05) is 44.5 Å². The normalized spacial score (nSPS) is 21.8. The van der Waals surface area contributed by atoms with E-state index < -0.39 is 0 Å². The van der Waals surface area contributed by atoms with Crippen LogP contribution in [0, 0.1) is 6.92 Å². The van der Waals surface area contributed by atoms with Gasteiger partial charge in [0.1, 0.15) is 17.1 Å². The van der Waals surface area contributed by atoms with Crippen molar-refractivity contribution in [2.75, 3.05) is 32.7 Å². The first-order valence-electron chi connectivity index (χ1n) is 10.6. The molecule has 5 rings (SSSR count). The van der Waals surface area contributed by atoms with E-state index in [0.717, 1.165) is 67.2 Å². The molecule has 0 aliphatic carbocycles. The second-order valence-corrected chi connectivity index (χ2v) is 8.08. The summed E-state index contributed by atoms with van der Waals surface area (Å²) in [6.45, 7) is 6.23. The van der Waals surface area contributed by atoms with E-state index in [2.05, 4.69) is 32.7 Å². The largest absolute Gasteiger partial charge is 0.457 e. The van der Waals surface area contributed by atoms with Gasteiger partial charge in [0.25, 0.3) is 0 Å². The smallest absolute Gasteiger partial charge is 0.240 e. The van der Waals surface area contributed by atoms with Crippen molar-refractivity contribution in [1.82, 2.24) is 25.5 Å². The highest BCUT2D eigenvalue weighted by Crippen LogP contribution is 2.33. The minimum absolute atomic E-state index is 0.141. The maximum Gasteiger partial charge on any atom is 0.240 e. The molecule has 0 spiro atoms. The molecule has 3 N–H and O–H groups in total. The molecule has 30 heavy (non-hydrogen) atoms. The summed E-state index contributed by atoms with van der Waals surface area (Å²) in [5.74, 6) is 1.99. The highest BCUT2D eigenvalue weighted by atomic mass is 16.5. The van der Waals surface area contributed by atoms with Gasteiger partial charge in [0.15, 0.2) is 0 Å². The number of benzene rings is 1. The molecule has 0 saturated carbocycles. The molecule has 0 bridgehead atoms. The third kappa shape index (κ3) is 3.55. The lowest BCUT2D eigenvalue weighted by molar-refractivity contribution is -0.134. The Morgan fingerprint density at radius 2 is 1.93 bits per heavy atom. The van der Waals surface area contributed by atoms with Crippen molar-refractivity contribution in [3.05, 3.63) is 53.9 Å². The standard InChI is InChI=1S/C23H27N5O2/c1-15-14-27-22-20(15)19(7-9-26-22)30-17-4-2-16(3-5-17)18-6-8-25-21(18)23(29)28-12-10-24-11-13-28/h2-5,7,9,14,18,21,24-25H,6,8,10-13H2,1H3,(H,26,27). The van der Waals surface area contributed by atoms with Crippen LogP contribution in [-0.2, 0) is 4.79 Å². The summed E-state index contributed by atoms with van der Waals surface area (Å²) in [7, 11) is 0. The van der Waals surface area contributed by atoms with Gasteiger partial charge in [-0.1, -0.05) is 12.1 Å². The number of pyridine rings is 1. The Balaban J connectivity index is 1.33. The molecule has 2 fully saturated rings. The summed E-state index contributed by atoms with van der Waals surface area (Å²) < 4.78 is 6.16. The van der Waals surface area contributed by atoms with Crippen LogP contribution in [0.25, 0.3) is 11.0 Å². The Bertz CT molecular complexity index is 1040. The van der Waals surface area contributed by atoms with Gasteiger partial charge >= 0.3 is 0 Å². The second kappa shape index (κ2) is 8.08. The second-order valence-electron chi connectivity index (χ2n) is 8.08. The maximum absolute atomic E-state index is 13.0. The third-order valence-electron chi connectivity index (χ3n) is 6.19. The molecule has 1 aromatic carbocycles. The van der Waals surface area contributed by atoms with Gasteiger partial charge in [-0.3, -0.25) is 4.79 Å². The number of piperazine rings is 1. The zero-order valence-corrected chi connectivity index (χ0v) is 17.1. The summed E-state index contributed by atoms with van der Waals surface area (Å²) in [5, 5.41) is 7.74. The van der Waals surface area contributed by atoms with Crippen molar-refractivity contribution in [2.45, 2.75) is 25.3 Å². The Kier molecular flexibility index (Phi) is 5.14. The fourth-order valence-electron chi connectivity index (χ4n) is 4.58. The topological polar surface area (TPSA) is 82.3 Å². The number of nitrogens with one attached hydrogen (secondary N) is 3. The summed E-state index contributed by atoms with van der Waals surface area (Å²) in [5.41, 5.74) is 3.11. The van der Waals surface area contributed by atoms with E-state index in [-0.39, 0.29) is 17.9 Å². The number of carbonyl (C=O) groups excluding carboxylic acids is 1. The van der Waals surface area contributed by atoms with Gasteiger partial charge in [-0.25, -0.2) is 4.98 Å². The highest BCUT2D eigenvalue weighted by molar-refractivity contribution is 5.86. The molecule has 2 atom stereocenters. The number of H-pyrrole nitrogens is 1. The predicted octanol–water partition coefficient (Wildman–Crippen LogP) is 2.54. The van der Waals surface area contributed by atoms with Crippen molar-refractivity contribution in [2.24, 2.45) is 0 Å². The number of carbonyl (C=O) groups is 1. The van der Waals surface area contributed by atoms with E-state index in [4.69, 9.17) is 4.74 Å². The molecular formula is C23H27N5O2. The summed E-state index contributed by atoms with van der Waals surface area (Å²) in [6, 6.07) is 9.92. The number of amides is 1. The molecule has 7 heteroatoms. The van der Waals surface area contributed by atoms with Crippen molar-refractivity contribution in [1.29, 1.82) is 0 Å². The van der Waals surface area contributed by atoms with E-state index in [0.29, 0.717) is 0 Å². The number of aromatic nitrogens is 2. The van der Waals surface area contributed by atoms with Gasteiger partial charge in [0.05, 0.1) is 11.4 Å². The summed E-state index contributed by atoms with van der Waals surface area (Å²) in [6.07, 6.45) is 4.66. The minimum atomic E-state index is -0.141. The first-order chi connectivity index (χ1) is 14.7. The molecule has 4 heterocycles. The summed E-state index contributed by atoms with van der Waals surface area (Å²) in [4.78, 5) is 22.5. The van der Waals surface area contributed by atoms with E-state index in [1.165, 1.54) is 5.56 Å². The zero-order chi connectivity index (χ0) is 20.5. The van der Waals surface area contributed by atoms with E-state index in [1.807, 2.05) is 36.2 Å². The number of hydrogen-bond donors (Lipinski definition) is 3. The van der Waals surface area contributed by atoms with Crippen molar-refractivity contribution in [3.8, 4) is 11.5 Å². The quantitative estimate of drug-likeness (QED) is 0.621. The van der Waals surface area contributed by atoms with Crippen LogP contribution in [-0.4, -0.2) is 59.5 Å². The number of aromatic amines is 1. The molecule has 3 aromatic rings. The first-order valence-corrected chi connectivity index (χ1v) is 10.6. The van der Waals surface area contributed by atoms with Gasteiger partial charge < -0.3 is 25.3 Å². The van der Waals surface area contributed by atoms with Crippen LogP contribution in [0.2, 0.25) is 0 Å². The fraction of sp³-hybridized carbons (Fsp3) is 0.391. The first kappa shape index (κ1) is 19.1. The maximum atomic E-state index is 13.0. The average Bonchev–Trinajstić information content (AvgIpc) is 3.42. The Morgan fingerprint density at radius 3 is 2.73 bits per heavy atom. The van der Waals surface area contributed by atoms with Gasteiger partial charge in [-0.15, -0.1) is 0 Å². The SMILES string of the molecule is Cc1c[nH]c2nccc(Oc3ccc(C4CCNC4C(=O)N4CCNCC4)cc3)c12. The molecule has 156 valence electrons. The fourth-order valence-corrected chi connectivity index (χ4v) is 4.58. The number of nitrogens with zero attached hydrogens (tertiary/aromatic N) is 2. The Labute approximate surface area is 175 Å². The lowest BCUT2D eigenvalue weighted by atomic mass is 9.91. The Hall–Kier alpha value is -2.90. The number of aryl methyl sites for hydroxylation is 1. The number of ether oxygens (including phenoxy) is 1. The van der Waals surface area contributed by atoms with Crippen LogP contribution < -0.4 is 15.4 Å². The van der Waals surface area contributed by atoms with Crippen LogP contribution in [0.3, 0.4) is 0 Å². The molecule has 1 amide bonds. The van der Waals surface area contributed by atoms with Crippen molar-refractivity contribution in [3.63, 3.8) is 0 Å². The highest BCUT2D eigenvalue weighted by Gasteiger charge is 2.36. The third-order valence-corrected chi connectivity index (χ3v) is 6.19. The van der Waals surface area contributed by atoms with E-state index in [9.17, 15) is 4.79 Å². The number of fused-ring (bicyclic) bond motifs is 1. The van der Waals surface area contributed by atoms with Crippen LogP contribution in [0.4, 0.5) is 0 Å². The van der Waals surface area contributed by atoms with Crippen LogP contribution in [0.1, 0.15) is 23.5 Å². The number of hydrogen-bond acceptors (Lipinski definition) is 5. The Morgan fingerprint density at radius 1 is 1.13 bits per heavy atom. The monoisotopic (exact) mass is 405 g/mol. The molecular weight excluding hydrogens is 378 g/mol. The lowest BCUT2D eigenvalue weighted by Crippen LogP contribution is -2.52. The van der Waals surface area contributed by atoms with Gasteiger partial charge in [-0.2, -0.15) is 0 Å². The van der Waals surface area contributed by atoms with Gasteiger partial charge in [-0.05, 0) is 49.2 Å². The number of rotatable bonds is 4. The molecule has 0 radical (unpaired) electrons.